The molecule has 0 bridgehead atoms. The van der Waals surface area contributed by atoms with Crippen molar-refractivity contribution < 1.29 is 9.53 Å². The molecule has 2 aromatic carbocycles. The van der Waals surface area contributed by atoms with Gasteiger partial charge in [-0.15, -0.1) is 0 Å². The van der Waals surface area contributed by atoms with Gasteiger partial charge in [-0.25, -0.2) is 4.98 Å². The highest BCUT2D eigenvalue weighted by Crippen LogP contribution is 2.28. The Bertz CT molecular complexity index is 914. The van der Waals surface area contributed by atoms with Gasteiger partial charge in [-0.05, 0) is 31.2 Å². The number of ether oxygens (including phenoxy) is 1. The van der Waals surface area contributed by atoms with E-state index in [9.17, 15) is 4.79 Å². The first-order chi connectivity index (χ1) is 12.7. The van der Waals surface area contributed by atoms with Crippen molar-refractivity contribution in [3.63, 3.8) is 0 Å². The quantitative estimate of drug-likeness (QED) is 0.664. The van der Waals surface area contributed by atoms with Gasteiger partial charge in [-0.3, -0.25) is 9.36 Å². The molecule has 4 rings (SSSR count). The lowest BCUT2D eigenvalue weighted by atomic mass is 10.2. The number of aryl methyl sites for hydroxylation is 1. The Balaban J connectivity index is 1.62. The second-order valence-corrected chi connectivity index (χ2v) is 7.28. The van der Waals surface area contributed by atoms with Crippen LogP contribution in [0.5, 0.6) is 0 Å². The Labute approximate surface area is 157 Å². The maximum Gasteiger partial charge on any atom is 0.233 e. The predicted molar refractivity (Wildman–Crippen MR) is 104 cm³/mol. The first-order valence-electron chi connectivity index (χ1n) is 8.75. The first-order valence-corrected chi connectivity index (χ1v) is 9.74. The number of hydrogen-bond donors (Lipinski definition) is 0. The zero-order chi connectivity index (χ0) is 17.9. The minimum atomic E-state index is 0.140. The van der Waals surface area contributed by atoms with E-state index in [2.05, 4.69) is 41.8 Å². The number of rotatable bonds is 4. The molecule has 0 radical (unpaired) electrons. The molecule has 1 saturated heterocycles. The number of fused-ring (bicyclic) bond motifs is 1. The van der Waals surface area contributed by atoms with Crippen LogP contribution < -0.4 is 0 Å². The van der Waals surface area contributed by atoms with Crippen LogP contribution in [0.2, 0.25) is 0 Å². The average Bonchev–Trinajstić information content (AvgIpc) is 3.06. The number of imidazole rings is 1. The number of aromatic nitrogens is 2. The van der Waals surface area contributed by atoms with Crippen molar-refractivity contribution in [3.8, 4) is 5.69 Å². The van der Waals surface area contributed by atoms with Gasteiger partial charge in [0.25, 0.3) is 0 Å². The highest BCUT2D eigenvalue weighted by atomic mass is 32.2. The van der Waals surface area contributed by atoms with E-state index in [0.717, 1.165) is 21.9 Å². The number of hydrogen-bond acceptors (Lipinski definition) is 4. The lowest BCUT2D eigenvalue weighted by Crippen LogP contribution is -2.41. The summed E-state index contributed by atoms with van der Waals surface area (Å²) in [5.74, 6) is 0.524. The van der Waals surface area contributed by atoms with Crippen molar-refractivity contribution in [1.29, 1.82) is 0 Å². The van der Waals surface area contributed by atoms with Crippen molar-refractivity contribution >= 4 is 28.7 Å². The van der Waals surface area contributed by atoms with Crippen molar-refractivity contribution in [2.45, 2.75) is 12.1 Å². The summed E-state index contributed by atoms with van der Waals surface area (Å²) in [6.45, 7) is 4.67. The number of morpholine rings is 1. The molecule has 1 aliphatic heterocycles. The monoisotopic (exact) mass is 367 g/mol. The second-order valence-electron chi connectivity index (χ2n) is 6.34. The molecular weight excluding hydrogens is 346 g/mol. The van der Waals surface area contributed by atoms with Crippen LogP contribution in [0.25, 0.3) is 16.7 Å². The van der Waals surface area contributed by atoms with Crippen LogP contribution in [-0.2, 0) is 9.53 Å². The number of nitrogens with zero attached hydrogens (tertiary/aromatic N) is 3. The number of carbonyl (C=O) groups excluding carboxylic acids is 1. The van der Waals surface area contributed by atoms with Gasteiger partial charge >= 0.3 is 0 Å². The summed E-state index contributed by atoms with van der Waals surface area (Å²) in [7, 11) is 0. The Kier molecular flexibility index (Phi) is 4.95. The SMILES string of the molecule is Cc1ccc(-n2c(SCC(=O)N3CCOCC3)nc3ccccc32)cc1. The Hall–Kier alpha value is -2.31. The molecule has 5 nitrogen and oxygen atoms in total. The molecule has 134 valence electrons. The average molecular weight is 367 g/mol. The second kappa shape index (κ2) is 7.51. The molecule has 0 unspecified atom stereocenters. The van der Waals surface area contributed by atoms with Crippen LogP contribution in [0.1, 0.15) is 5.56 Å². The van der Waals surface area contributed by atoms with Gasteiger partial charge in [0.15, 0.2) is 5.16 Å². The van der Waals surface area contributed by atoms with Gasteiger partial charge in [-0.2, -0.15) is 0 Å². The molecule has 0 aliphatic carbocycles. The first kappa shape index (κ1) is 17.1. The Morgan fingerprint density at radius 3 is 2.62 bits per heavy atom. The molecule has 0 atom stereocenters. The van der Waals surface area contributed by atoms with E-state index < -0.39 is 0 Å². The molecule has 3 aromatic rings. The van der Waals surface area contributed by atoms with E-state index >= 15 is 0 Å². The fraction of sp³-hybridized carbons (Fsp3) is 0.300. The topological polar surface area (TPSA) is 47.4 Å². The van der Waals surface area contributed by atoms with E-state index in [1.807, 2.05) is 23.1 Å². The number of carbonyl (C=O) groups is 1. The Morgan fingerprint density at radius 1 is 1.12 bits per heavy atom. The normalized spacial score (nSPS) is 14.7. The van der Waals surface area contributed by atoms with Crippen molar-refractivity contribution in [3.05, 3.63) is 54.1 Å². The molecular formula is C20H21N3O2S. The third-order valence-corrected chi connectivity index (χ3v) is 5.43. The van der Waals surface area contributed by atoms with Crippen LogP contribution >= 0.6 is 11.8 Å². The van der Waals surface area contributed by atoms with E-state index in [4.69, 9.17) is 9.72 Å². The summed E-state index contributed by atoms with van der Waals surface area (Å²) < 4.78 is 7.45. The van der Waals surface area contributed by atoms with E-state index in [1.54, 1.807) is 0 Å². The predicted octanol–water partition coefficient (Wildman–Crippen LogP) is 3.28. The maximum absolute atomic E-state index is 12.5. The summed E-state index contributed by atoms with van der Waals surface area (Å²) in [4.78, 5) is 19.1. The van der Waals surface area contributed by atoms with E-state index in [-0.39, 0.29) is 5.91 Å². The maximum atomic E-state index is 12.5. The third kappa shape index (κ3) is 3.48. The minimum Gasteiger partial charge on any atom is -0.378 e. The van der Waals surface area contributed by atoms with Gasteiger partial charge in [0.05, 0.1) is 30.0 Å². The van der Waals surface area contributed by atoms with Crippen LogP contribution in [0.4, 0.5) is 0 Å². The molecule has 0 saturated carbocycles. The number of benzene rings is 2. The lowest BCUT2D eigenvalue weighted by molar-refractivity contribution is -0.132. The zero-order valence-electron chi connectivity index (χ0n) is 14.7. The highest BCUT2D eigenvalue weighted by molar-refractivity contribution is 7.99. The minimum absolute atomic E-state index is 0.140. The highest BCUT2D eigenvalue weighted by Gasteiger charge is 2.19. The Morgan fingerprint density at radius 2 is 1.85 bits per heavy atom. The van der Waals surface area contributed by atoms with Gasteiger partial charge in [0.2, 0.25) is 5.91 Å². The van der Waals surface area contributed by atoms with Crippen molar-refractivity contribution in [2.75, 3.05) is 32.1 Å². The van der Waals surface area contributed by atoms with Gasteiger partial charge < -0.3 is 9.64 Å². The summed E-state index contributed by atoms with van der Waals surface area (Å²) in [5.41, 5.74) is 4.27. The summed E-state index contributed by atoms with van der Waals surface area (Å²) in [6, 6.07) is 16.5. The lowest BCUT2D eigenvalue weighted by Gasteiger charge is -2.26. The van der Waals surface area contributed by atoms with Crippen LogP contribution in [0.15, 0.2) is 53.7 Å². The molecule has 0 spiro atoms. The van der Waals surface area contributed by atoms with Gasteiger partial charge in [0, 0.05) is 18.8 Å². The molecule has 1 aromatic heterocycles. The summed E-state index contributed by atoms with van der Waals surface area (Å²) in [6.07, 6.45) is 0. The standard InChI is InChI=1S/C20H21N3O2S/c1-15-6-8-16(9-7-15)23-18-5-3-2-4-17(18)21-20(23)26-14-19(24)22-10-12-25-13-11-22/h2-9H,10-14H2,1H3. The summed E-state index contributed by atoms with van der Waals surface area (Å²) >= 11 is 1.49. The largest absolute Gasteiger partial charge is 0.378 e. The molecule has 1 aliphatic rings. The van der Waals surface area contributed by atoms with E-state index in [1.165, 1.54) is 17.3 Å². The van der Waals surface area contributed by atoms with Crippen LogP contribution in [0.3, 0.4) is 0 Å². The number of thioether (sulfide) groups is 1. The van der Waals surface area contributed by atoms with Crippen molar-refractivity contribution in [2.24, 2.45) is 0 Å². The number of para-hydroxylation sites is 2. The fourth-order valence-electron chi connectivity index (χ4n) is 3.07. The molecule has 1 amide bonds. The third-order valence-electron chi connectivity index (χ3n) is 4.51. The molecule has 1 fully saturated rings. The van der Waals surface area contributed by atoms with Gasteiger partial charge in [0.1, 0.15) is 0 Å². The molecule has 2 heterocycles. The summed E-state index contributed by atoms with van der Waals surface area (Å²) in [5, 5.41) is 0.844. The molecule has 6 heteroatoms. The van der Waals surface area contributed by atoms with Gasteiger partial charge in [-0.1, -0.05) is 41.6 Å². The fourth-order valence-corrected chi connectivity index (χ4v) is 4.01. The van der Waals surface area contributed by atoms with E-state index in [0.29, 0.717) is 32.1 Å². The van der Waals surface area contributed by atoms with Crippen molar-refractivity contribution in [1.82, 2.24) is 14.5 Å². The smallest absolute Gasteiger partial charge is 0.233 e. The van der Waals surface area contributed by atoms with Crippen LogP contribution in [0, 0.1) is 6.92 Å². The molecule has 0 N–H and O–H groups in total. The number of amides is 1. The molecule has 26 heavy (non-hydrogen) atoms. The van der Waals surface area contributed by atoms with Crippen LogP contribution in [-0.4, -0.2) is 52.4 Å². The zero-order valence-corrected chi connectivity index (χ0v) is 15.5.